The van der Waals surface area contributed by atoms with Gasteiger partial charge < -0.3 is 24.8 Å². The minimum atomic E-state index is -0.381. The third-order valence-corrected chi connectivity index (χ3v) is 7.50. The highest BCUT2D eigenvalue weighted by atomic mass is 32.1. The average molecular weight is 524 g/mol. The Bertz CT molecular complexity index is 1250. The lowest BCUT2D eigenvalue weighted by atomic mass is 9.88. The van der Waals surface area contributed by atoms with Gasteiger partial charge in [-0.1, -0.05) is 38.1 Å². The highest BCUT2D eigenvalue weighted by molar-refractivity contribution is 7.09. The second-order valence-electron chi connectivity index (χ2n) is 9.30. The number of ether oxygens (including phenoxy) is 3. The standard InChI is InChI=1S/C28H33N3O5S/c1-16(2)24(31-26(32)18-13-22(34-3)25(36-5)23(14-18)35-4)28-30-21(15-37-28)27(33)29-20-12-8-10-17-9-6-7-11-19(17)20/h6-7,9,11,13-16,20,24H,8,10,12H2,1-5H3,(H,29,33)(H,31,32)/t20-,24?/m1/s1. The SMILES string of the molecule is COc1cc(C(=O)NC(c2nc(C(=O)N[C@@H]3CCCc4ccccc43)cs2)C(C)C)cc(OC)c1OC. The number of aryl methyl sites for hydroxylation is 1. The van der Waals surface area contributed by atoms with Crippen LogP contribution in [0.5, 0.6) is 17.2 Å². The van der Waals surface area contributed by atoms with E-state index in [1.165, 1.54) is 43.8 Å². The summed E-state index contributed by atoms with van der Waals surface area (Å²) in [5, 5.41) is 8.64. The normalized spacial score (nSPS) is 15.5. The maximum Gasteiger partial charge on any atom is 0.271 e. The van der Waals surface area contributed by atoms with Crippen molar-refractivity contribution in [3.05, 3.63) is 69.2 Å². The Hall–Kier alpha value is -3.59. The van der Waals surface area contributed by atoms with Crippen molar-refractivity contribution in [3.8, 4) is 17.2 Å². The second-order valence-corrected chi connectivity index (χ2v) is 10.2. The van der Waals surface area contributed by atoms with Crippen LogP contribution < -0.4 is 24.8 Å². The van der Waals surface area contributed by atoms with Crippen molar-refractivity contribution in [1.29, 1.82) is 0 Å². The lowest BCUT2D eigenvalue weighted by Gasteiger charge is -2.26. The lowest BCUT2D eigenvalue weighted by Crippen LogP contribution is -2.33. The summed E-state index contributed by atoms with van der Waals surface area (Å²) in [4.78, 5) is 30.9. The Morgan fingerprint density at radius 1 is 1.03 bits per heavy atom. The first-order valence-electron chi connectivity index (χ1n) is 12.3. The molecule has 2 amide bonds. The molecule has 0 radical (unpaired) electrons. The van der Waals surface area contributed by atoms with Crippen LogP contribution in [0, 0.1) is 5.92 Å². The Balaban J connectivity index is 1.51. The number of aromatic nitrogens is 1. The molecular formula is C28H33N3O5S. The molecule has 1 aromatic heterocycles. The summed E-state index contributed by atoms with van der Waals surface area (Å²) in [6.07, 6.45) is 2.97. The minimum Gasteiger partial charge on any atom is -0.493 e. The molecule has 9 heteroatoms. The van der Waals surface area contributed by atoms with E-state index in [0.29, 0.717) is 33.5 Å². The van der Waals surface area contributed by atoms with Gasteiger partial charge in [0.05, 0.1) is 33.4 Å². The Morgan fingerprint density at radius 2 is 1.73 bits per heavy atom. The first kappa shape index (κ1) is 26.5. The number of amides is 2. The van der Waals surface area contributed by atoms with Gasteiger partial charge in [0.15, 0.2) is 11.5 Å². The zero-order valence-corrected chi connectivity index (χ0v) is 22.6. The third-order valence-electron chi connectivity index (χ3n) is 6.58. The number of benzene rings is 2. The predicted octanol–water partition coefficient (Wildman–Crippen LogP) is 5.10. The van der Waals surface area contributed by atoms with E-state index in [0.717, 1.165) is 19.3 Å². The van der Waals surface area contributed by atoms with Gasteiger partial charge in [0.1, 0.15) is 10.7 Å². The molecule has 1 heterocycles. The molecule has 196 valence electrons. The summed E-state index contributed by atoms with van der Waals surface area (Å²) < 4.78 is 16.1. The molecule has 0 bridgehead atoms. The number of methoxy groups -OCH3 is 3. The van der Waals surface area contributed by atoms with Crippen LogP contribution in [0.25, 0.3) is 0 Å². The highest BCUT2D eigenvalue weighted by Crippen LogP contribution is 2.38. The van der Waals surface area contributed by atoms with Crippen molar-refractivity contribution in [2.75, 3.05) is 21.3 Å². The fourth-order valence-corrected chi connectivity index (χ4v) is 5.64. The van der Waals surface area contributed by atoms with Crippen molar-refractivity contribution < 1.29 is 23.8 Å². The summed E-state index contributed by atoms with van der Waals surface area (Å²) in [7, 11) is 4.52. The molecular weight excluding hydrogens is 490 g/mol. The molecule has 3 aromatic rings. The lowest BCUT2D eigenvalue weighted by molar-refractivity contribution is 0.0923. The van der Waals surface area contributed by atoms with E-state index in [9.17, 15) is 9.59 Å². The molecule has 0 fully saturated rings. The average Bonchev–Trinajstić information content (AvgIpc) is 3.40. The molecule has 8 nitrogen and oxygen atoms in total. The number of hydrogen-bond donors (Lipinski definition) is 2. The van der Waals surface area contributed by atoms with Gasteiger partial charge in [-0.25, -0.2) is 4.98 Å². The van der Waals surface area contributed by atoms with E-state index < -0.39 is 0 Å². The number of fused-ring (bicyclic) bond motifs is 1. The van der Waals surface area contributed by atoms with Gasteiger partial charge in [-0.2, -0.15) is 0 Å². The van der Waals surface area contributed by atoms with E-state index >= 15 is 0 Å². The molecule has 4 rings (SSSR count). The largest absolute Gasteiger partial charge is 0.493 e. The van der Waals surface area contributed by atoms with Crippen LogP contribution in [0.2, 0.25) is 0 Å². The monoisotopic (exact) mass is 523 g/mol. The van der Waals surface area contributed by atoms with Gasteiger partial charge in [0.2, 0.25) is 5.75 Å². The van der Waals surface area contributed by atoms with E-state index in [-0.39, 0.29) is 29.8 Å². The molecule has 0 saturated heterocycles. The van der Waals surface area contributed by atoms with E-state index in [1.54, 1.807) is 17.5 Å². The summed E-state index contributed by atoms with van der Waals surface area (Å²) >= 11 is 1.36. The van der Waals surface area contributed by atoms with Crippen LogP contribution in [0.4, 0.5) is 0 Å². The third kappa shape index (κ3) is 5.72. The smallest absolute Gasteiger partial charge is 0.271 e. The zero-order valence-electron chi connectivity index (χ0n) is 21.8. The van der Waals surface area contributed by atoms with E-state index in [4.69, 9.17) is 14.2 Å². The van der Waals surface area contributed by atoms with Gasteiger partial charge in [-0.3, -0.25) is 9.59 Å². The first-order valence-corrected chi connectivity index (χ1v) is 13.2. The van der Waals surface area contributed by atoms with Crippen molar-refractivity contribution >= 4 is 23.2 Å². The molecule has 2 atom stereocenters. The molecule has 1 aliphatic rings. The molecule has 2 aromatic carbocycles. The Morgan fingerprint density at radius 3 is 2.38 bits per heavy atom. The summed E-state index contributed by atoms with van der Waals surface area (Å²) in [5.74, 6) is 0.730. The van der Waals surface area contributed by atoms with Crippen molar-refractivity contribution in [2.45, 2.75) is 45.2 Å². The molecule has 0 aliphatic heterocycles. The van der Waals surface area contributed by atoms with Crippen LogP contribution in [-0.2, 0) is 6.42 Å². The molecule has 2 N–H and O–H groups in total. The fourth-order valence-electron chi connectivity index (χ4n) is 4.62. The number of thiazole rings is 1. The number of carbonyl (C=O) groups excluding carboxylic acids is 2. The zero-order chi connectivity index (χ0) is 26.5. The number of nitrogens with zero attached hydrogens (tertiary/aromatic N) is 1. The van der Waals surface area contributed by atoms with E-state index in [1.807, 2.05) is 26.0 Å². The fraction of sp³-hybridized carbons (Fsp3) is 0.393. The molecule has 1 unspecified atom stereocenters. The van der Waals surface area contributed by atoms with Gasteiger partial charge in [-0.15, -0.1) is 11.3 Å². The topological polar surface area (TPSA) is 98.8 Å². The quantitative estimate of drug-likeness (QED) is 0.405. The van der Waals surface area contributed by atoms with Crippen LogP contribution in [0.3, 0.4) is 0 Å². The van der Waals surface area contributed by atoms with Gasteiger partial charge in [0, 0.05) is 10.9 Å². The van der Waals surface area contributed by atoms with Crippen LogP contribution in [-0.4, -0.2) is 38.1 Å². The second kappa shape index (κ2) is 11.6. The van der Waals surface area contributed by atoms with Crippen LogP contribution in [0.15, 0.2) is 41.8 Å². The Labute approximate surface area is 221 Å². The first-order chi connectivity index (χ1) is 17.9. The number of rotatable bonds is 9. The maximum atomic E-state index is 13.2. The molecule has 0 saturated carbocycles. The molecule has 0 spiro atoms. The molecule has 1 aliphatic carbocycles. The van der Waals surface area contributed by atoms with Gasteiger partial charge >= 0.3 is 0 Å². The van der Waals surface area contributed by atoms with Crippen LogP contribution in [0.1, 0.15) is 75.8 Å². The van der Waals surface area contributed by atoms with Crippen LogP contribution >= 0.6 is 11.3 Å². The molecule has 37 heavy (non-hydrogen) atoms. The van der Waals surface area contributed by atoms with Gasteiger partial charge in [0.25, 0.3) is 11.8 Å². The maximum absolute atomic E-state index is 13.2. The van der Waals surface area contributed by atoms with Crippen molar-refractivity contribution in [3.63, 3.8) is 0 Å². The summed E-state index contributed by atoms with van der Waals surface area (Å²) in [6.45, 7) is 4.00. The highest BCUT2D eigenvalue weighted by Gasteiger charge is 2.27. The summed E-state index contributed by atoms with van der Waals surface area (Å²) in [5.41, 5.74) is 3.18. The number of nitrogens with one attached hydrogen (secondary N) is 2. The summed E-state index contributed by atoms with van der Waals surface area (Å²) in [6, 6.07) is 11.1. The number of carbonyl (C=O) groups is 2. The minimum absolute atomic E-state index is 0.0248. The van der Waals surface area contributed by atoms with Crippen molar-refractivity contribution in [1.82, 2.24) is 15.6 Å². The van der Waals surface area contributed by atoms with Gasteiger partial charge in [-0.05, 0) is 48.4 Å². The number of hydrogen-bond acceptors (Lipinski definition) is 7. The predicted molar refractivity (Wildman–Crippen MR) is 143 cm³/mol. The van der Waals surface area contributed by atoms with E-state index in [2.05, 4.69) is 27.8 Å². The van der Waals surface area contributed by atoms with Crippen molar-refractivity contribution in [2.24, 2.45) is 5.92 Å². The Kier molecular flexibility index (Phi) is 8.33.